The smallest absolute Gasteiger partial charge is 0.352 e. The molecule has 1 aromatic heterocycles. The van der Waals surface area contributed by atoms with Crippen molar-refractivity contribution in [2.24, 2.45) is 4.99 Å². The molecule has 4 rings (SSSR count). The Hall–Kier alpha value is -2.62. The van der Waals surface area contributed by atoms with Crippen LogP contribution in [0.1, 0.15) is 11.1 Å². The molecule has 2 aromatic rings. The molecule has 0 spiro atoms. The van der Waals surface area contributed by atoms with Gasteiger partial charge >= 0.3 is 6.18 Å². The van der Waals surface area contributed by atoms with Crippen LogP contribution in [-0.4, -0.2) is 38.4 Å². The number of sulfonamides is 1. The number of fused-ring (bicyclic) bond motifs is 1. The highest BCUT2D eigenvalue weighted by molar-refractivity contribution is 7.90. The van der Waals surface area contributed by atoms with Crippen molar-refractivity contribution in [3.63, 3.8) is 0 Å². The van der Waals surface area contributed by atoms with E-state index in [-0.39, 0.29) is 22.6 Å². The van der Waals surface area contributed by atoms with Gasteiger partial charge < -0.3 is 4.90 Å². The third-order valence-electron chi connectivity index (χ3n) is 4.23. The third-order valence-corrected chi connectivity index (χ3v) is 5.63. The fourth-order valence-corrected chi connectivity index (χ4v) is 4.14. The average Bonchev–Trinajstić information content (AvgIpc) is 2.81. The van der Waals surface area contributed by atoms with E-state index in [0.29, 0.717) is 18.7 Å². The molecule has 0 saturated carbocycles. The number of pyridine rings is 1. The molecule has 0 bridgehead atoms. The Morgan fingerprint density at radius 2 is 1.92 bits per heavy atom. The molecule has 6 nitrogen and oxygen atoms in total. The van der Waals surface area contributed by atoms with Crippen molar-refractivity contribution >= 4 is 21.7 Å². The number of aromatic nitrogens is 1. The molecular weight excluding hydrogens is 369 g/mol. The number of benzene rings is 1. The first-order chi connectivity index (χ1) is 12.2. The molecule has 136 valence electrons. The maximum atomic E-state index is 12.8. The minimum atomic E-state index is -4.42. The van der Waals surface area contributed by atoms with Crippen LogP contribution >= 0.6 is 0 Å². The van der Waals surface area contributed by atoms with E-state index in [4.69, 9.17) is 0 Å². The summed E-state index contributed by atoms with van der Waals surface area (Å²) in [4.78, 5) is 10.2. The summed E-state index contributed by atoms with van der Waals surface area (Å²) in [7, 11) is -3.60. The van der Waals surface area contributed by atoms with Gasteiger partial charge in [-0.2, -0.15) is 13.2 Å². The van der Waals surface area contributed by atoms with E-state index in [0.717, 1.165) is 18.3 Å². The number of rotatable bonds is 2. The summed E-state index contributed by atoms with van der Waals surface area (Å²) < 4.78 is 64.9. The van der Waals surface area contributed by atoms with Crippen LogP contribution in [0.25, 0.3) is 0 Å². The molecule has 2 aliphatic heterocycles. The normalized spacial score (nSPS) is 20.6. The Bertz CT molecular complexity index is 999. The van der Waals surface area contributed by atoms with E-state index in [1.807, 2.05) is 0 Å². The quantitative estimate of drug-likeness (QED) is 0.863. The van der Waals surface area contributed by atoms with Crippen molar-refractivity contribution in [1.82, 2.24) is 9.71 Å². The van der Waals surface area contributed by atoms with Crippen molar-refractivity contribution in [1.29, 1.82) is 0 Å². The Morgan fingerprint density at radius 3 is 2.65 bits per heavy atom. The first kappa shape index (κ1) is 16.8. The largest absolute Gasteiger partial charge is 0.416 e. The molecule has 2 aliphatic rings. The molecule has 0 atom stereocenters. The van der Waals surface area contributed by atoms with Crippen LogP contribution in [0.5, 0.6) is 0 Å². The van der Waals surface area contributed by atoms with Crippen molar-refractivity contribution in [3.8, 4) is 0 Å². The lowest BCUT2D eigenvalue weighted by molar-refractivity contribution is -0.137. The van der Waals surface area contributed by atoms with Crippen molar-refractivity contribution < 1.29 is 21.6 Å². The first-order valence-corrected chi connectivity index (χ1v) is 9.20. The lowest BCUT2D eigenvalue weighted by Crippen LogP contribution is -2.51. The number of amidine groups is 1. The van der Waals surface area contributed by atoms with E-state index < -0.39 is 21.8 Å². The standard InChI is InChI=1S/C16H13F3N4O2S/c17-16(18,19)10-5-6-20-14(7-10)23-8-11(9-23)21-15-12-3-1-2-4-13(12)26(24,25)22-15/h1-7,11H,8-9H2,(H,21,22). The molecule has 0 unspecified atom stereocenters. The molecule has 1 saturated heterocycles. The minimum Gasteiger partial charge on any atom is -0.352 e. The van der Waals surface area contributed by atoms with Gasteiger partial charge in [0.2, 0.25) is 0 Å². The molecule has 0 amide bonds. The highest BCUT2D eigenvalue weighted by Gasteiger charge is 2.35. The average molecular weight is 382 g/mol. The van der Waals surface area contributed by atoms with Crippen LogP contribution in [-0.2, 0) is 16.2 Å². The lowest BCUT2D eigenvalue weighted by atomic mass is 10.1. The van der Waals surface area contributed by atoms with Gasteiger partial charge in [0.25, 0.3) is 10.0 Å². The molecule has 1 fully saturated rings. The third kappa shape index (κ3) is 2.90. The van der Waals surface area contributed by atoms with Crippen LogP contribution in [0, 0.1) is 0 Å². The summed E-state index contributed by atoms with van der Waals surface area (Å²) >= 11 is 0. The van der Waals surface area contributed by atoms with Gasteiger partial charge in [-0.1, -0.05) is 12.1 Å². The Kier molecular flexibility index (Phi) is 3.69. The highest BCUT2D eigenvalue weighted by atomic mass is 32.2. The summed E-state index contributed by atoms with van der Waals surface area (Å²) in [6.07, 6.45) is -3.30. The number of hydrogen-bond donors (Lipinski definition) is 1. The van der Waals surface area contributed by atoms with Gasteiger partial charge in [-0.3, -0.25) is 9.71 Å². The van der Waals surface area contributed by atoms with Crippen LogP contribution in [0.15, 0.2) is 52.5 Å². The van der Waals surface area contributed by atoms with E-state index in [2.05, 4.69) is 14.7 Å². The number of halogens is 3. The molecule has 1 N–H and O–H groups in total. The topological polar surface area (TPSA) is 74.7 Å². The molecule has 0 radical (unpaired) electrons. The second-order valence-corrected chi connectivity index (χ2v) is 7.69. The number of nitrogens with zero attached hydrogens (tertiary/aromatic N) is 3. The predicted molar refractivity (Wildman–Crippen MR) is 88.5 cm³/mol. The predicted octanol–water partition coefficient (Wildman–Crippen LogP) is 2.03. The van der Waals surface area contributed by atoms with E-state index >= 15 is 0 Å². The zero-order valence-electron chi connectivity index (χ0n) is 13.2. The van der Waals surface area contributed by atoms with Gasteiger partial charge in [0, 0.05) is 24.8 Å². The fourth-order valence-electron chi connectivity index (χ4n) is 2.90. The van der Waals surface area contributed by atoms with Gasteiger partial charge in [-0.15, -0.1) is 0 Å². The van der Waals surface area contributed by atoms with Crippen molar-refractivity contribution in [3.05, 3.63) is 53.7 Å². The Morgan fingerprint density at radius 1 is 1.19 bits per heavy atom. The van der Waals surface area contributed by atoms with E-state index in [1.54, 1.807) is 23.1 Å². The van der Waals surface area contributed by atoms with Crippen molar-refractivity contribution in [2.75, 3.05) is 18.0 Å². The first-order valence-electron chi connectivity index (χ1n) is 7.72. The van der Waals surface area contributed by atoms with E-state index in [9.17, 15) is 21.6 Å². The van der Waals surface area contributed by atoms with Gasteiger partial charge in [0.1, 0.15) is 11.7 Å². The van der Waals surface area contributed by atoms with Gasteiger partial charge in [0.15, 0.2) is 0 Å². The summed E-state index contributed by atoms with van der Waals surface area (Å²) in [6, 6.07) is 8.20. The van der Waals surface area contributed by atoms with E-state index in [1.165, 1.54) is 6.07 Å². The van der Waals surface area contributed by atoms with Crippen LogP contribution in [0.2, 0.25) is 0 Å². The van der Waals surface area contributed by atoms with Crippen LogP contribution in [0.3, 0.4) is 0 Å². The summed E-state index contributed by atoms with van der Waals surface area (Å²) in [5, 5.41) is 0. The Labute approximate surface area is 147 Å². The summed E-state index contributed by atoms with van der Waals surface area (Å²) in [5.41, 5.74) is -0.252. The van der Waals surface area contributed by atoms with Crippen LogP contribution < -0.4 is 9.62 Å². The minimum absolute atomic E-state index is 0.175. The number of alkyl halides is 3. The number of hydrogen-bond acceptors (Lipinski definition) is 5. The molecule has 0 aliphatic carbocycles. The number of aliphatic imine (C=N–C) groups is 1. The molecule has 3 heterocycles. The van der Waals surface area contributed by atoms with Gasteiger partial charge in [0.05, 0.1) is 16.5 Å². The lowest BCUT2D eigenvalue weighted by Gasteiger charge is -2.38. The van der Waals surface area contributed by atoms with Gasteiger partial charge in [-0.25, -0.2) is 13.4 Å². The SMILES string of the molecule is O=S1(=O)NC(=NC2CN(c3cc(C(F)(F)F)ccn3)C2)c2ccccc21. The van der Waals surface area contributed by atoms with Gasteiger partial charge in [-0.05, 0) is 24.3 Å². The summed E-state index contributed by atoms with van der Waals surface area (Å²) in [6.45, 7) is 0.726. The number of anilines is 1. The maximum Gasteiger partial charge on any atom is 0.416 e. The second-order valence-electron chi connectivity index (χ2n) is 6.04. The molecule has 10 heteroatoms. The second kappa shape index (κ2) is 5.70. The zero-order chi connectivity index (χ0) is 18.5. The molecule has 26 heavy (non-hydrogen) atoms. The molecule has 1 aromatic carbocycles. The monoisotopic (exact) mass is 382 g/mol. The number of nitrogens with one attached hydrogen (secondary N) is 1. The maximum absolute atomic E-state index is 12.8. The van der Waals surface area contributed by atoms with Crippen LogP contribution in [0.4, 0.5) is 19.0 Å². The summed E-state index contributed by atoms with van der Waals surface area (Å²) in [5.74, 6) is 0.492. The Balaban J connectivity index is 1.51. The molecular formula is C16H13F3N4O2S. The van der Waals surface area contributed by atoms with Crippen molar-refractivity contribution in [2.45, 2.75) is 17.1 Å². The highest BCUT2D eigenvalue weighted by Crippen LogP contribution is 2.32. The fraction of sp³-hybridized carbons (Fsp3) is 0.250. The zero-order valence-corrected chi connectivity index (χ0v) is 14.0.